The van der Waals surface area contributed by atoms with E-state index in [1.165, 1.54) is 20.0 Å². The Morgan fingerprint density at radius 1 is 1.36 bits per heavy atom. The number of benzene rings is 1. The van der Waals surface area contributed by atoms with Crippen molar-refractivity contribution in [3.63, 3.8) is 0 Å². The van der Waals surface area contributed by atoms with Crippen LogP contribution in [0.25, 0.3) is 0 Å². The van der Waals surface area contributed by atoms with Crippen LogP contribution < -0.4 is 9.62 Å². The molecule has 25 heavy (non-hydrogen) atoms. The Kier molecular flexibility index (Phi) is 5.46. The fraction of sp³-hybridized carbons (Fsp3) is 0.611. The predicted molar refractivity (Wildman–Crippen MR) is 99.4 cm³/mol. The maximum absolute atomic E-state index is 12.3. The molecule has 0 radical (unpaired) electrons. The van der Waals surface area contributed by atoms with E-state index in [2.05, 4.69) is 9.62 Å². The topological polar surface area (TPSA) is 84.9 Å². The average Bonchev–Trinajstić information content (AvgIpc) is 3.33. The first kappa shape index (κ1) is 18.4. The molecule has 138 valence electrons. The number of piperidine rings is 1. The van der Waals surface area contributed by atoms with Gasteiger partial charge in [-0.05, 0) is 55.7 Å². The first-order chi connectivity index (χ1) is 12.0. The first-order valence-corrected chi connectivity index (χ1v) is 10.0. The van der Waals surface area contributed by atoms with Crippen molar-refractivity contribution in [3.8, 4) is 0 Å². The number of hydrogen-bond acceptors (Lipinski definition) is 6. The van der Waals surface area contributed by atoms with Crippen LogP contribution in [0.3, 0.4) is 0 Å². The number of nitrogens with one attached hydrogen (secondary N) is 1. The van der Waals surface area contributed by atoms with Crippen molar-refractivity contribution >= 4 is 28.7 Å². The number of esters is 1. The van der Waals surface area contributed by atoms with Gasteiger partial charge in [-0.2, -0.15) is 0 Å². The number of rotatable bonds is 6. The zero-order valence-electron chi connectivity index (χ0n) is 14.8. The molecule has 7 heteroatoms. The van der Waals surface area contributed by atoms with Crippen molar-refractivity contribution in [2.24, 2.45) is 5.41 Å². The van der Waals surface area contributed by atoms with Crippen LogP contribution in [0.1, 0.15) is 41.6 Å². The van der Waals surface area contributed by atoms with Crippen LogP contribution in [0, 0.1) is 12.3 Å². The third kappa shape index (κ3) is 4.04. The lowest BCUT2D eigenvalue weighted by Crippen LogP contribution is -2.35. The van der Waals surface area contributed by atoms with Crippen LogP contribution in [0.4, 0.5) is 11.4 Å². The number of aryl methyl sites for hydroxylation is 1. The van der Waals surface area contributed by atoms with Crippen LogP contribution in [0.2, 0.25) is 0 Å². The van der Waals surface area contributed by atoms with E-state index in [4.69, 9.17) is 9.84 Å². The van der Waals surface area contributed by atoms with Crippen molar-refractivity contribution < 1.29 is 19.2 Å². The van der Waals surface area contributed by atoms with E-state index in [-0.39, 0.29) is 18.3 Å². The molecule has 0 amide bonds. The van der Waals surface area contributed by atoms with E-state index >= 15 is 0 Å². The molecule has 1 spiro atoms. The van der Waals surface area contributed by atoms with Gasteiger partial charge in [0.15, 0.2) is 5.75 Å². The summed E-state index contributed by atoms with van der Waals surface area (Å²) in [5.41, 5.74) is 3.45. The summed E-state index contributed by atoms with van der Waals surface area (Å²) in [6, 6.07) is 3.68. The number of aliphatic hydroxyl groups is 1. The highest BCUT2D eigenvalue weighted by Crippen LogP contribution is 2.54. The van der Waals surface area contributed by atoms with Crippen LogP contribution in [-0.2, 0) is 16.1 Å². The molecule has 3 rings (SSSR count). The SMILES string of the molecule is COC(=O)c1c(C)cc(N[S+]([O-])CCO)cc1N1CCC2(CC1)CC2. The van der Waals surface area contributed by atoms with Gasteiger partial charge in [-0.1, -0.05) is 0 Å². The Labute approximate surface area is 151 Å². The Morgan fingerprint density at radius 3 is 2.60 bits per heavy atom. The Hall–Kier alpha value is -1.44. The summed E-state index contributed by atoms with van der Waals surface area (Å²) in [5.74, 6) is -0.179. The van der Waals surface area contributed by atoms with Gasteiger partial charge < -0.3 is 19.3 Å². The van der Waals surface area contributed by atoms with Crippen LogP contribution in [-0.4, -0.2) is 48.2 Å². The van der Waals surface area contributed by atoms with Gasteiger partial charge in [0.25, 0.3) is 0 Å². The lowest BCUT2D eigenvalue weighted by atomic mass is 9.92. The molecule has 1 aliphatic heterocycles. The van der Waals surface area contributed by atoms with Crippen LogP contribution in [0.15, 0.2) is 12.1 Å². The van der Waals surface area contributed by atoms with Crippen LogP contribution >= 0.6 is 0 Å². The lowest BCUT2D eigenvalue weighted by Gasteiger charge is -2.35. The summed E-state index contributed by atoms with van der Waals surface area (Å²) in [6.45, 7) is 3.57. The summed E-state index contributed by atoms with van der Waals surface area (Å²) < 4.78 is 19.8. The first-order valence-electron chi connectivity index (χ1n) is 8.72. The van der Waals surface area contributed by atoms with Gasteiger partial charge in [-0.3, -0.25) is 0 Å². The number of ether oxygens (including phenoxy) is 1. The Bertz CT molecular complexity index is 638. The normalized spacial score (nSPS) is 19.6. The third-order valence-corrected chi connectivity index (χ3v) is 6.35. The number of methoxy groups -OCH3 is 1. The van der Waals surface area contributed by atoms with Crippen molar-refractivity contribution in [3.05, 3.63) is 23.3 Å². The number of carbonyl (C=O) groups is 1. The number of carbonyl (C=O) groups excluding carboxylic acids is 1. The van der Waals surface area contributed by atoms with E-state index in [1.807, 2.05) is 13.0 Å². The quantitative estimate of drug-likeness (QED) is 0.593. The fourth-order valence-electron chi connectivity index (χ4n) is 3.61. The smallest absolute Gasteiger partial charge is 0.340 e. The highest BCUT2D eigenvalue weighted by Gasteiger charge is 2.44. The summed E-state index contributed by atoms with van der Waals surface area (Å²) in [6.07, 6.45) is 4.96. The maximum atomic E-state index is 12.3. The second-order valence-corrected chi connectivity index (χ2v) is 8.34. The van der Waals surface area contributed by atoms with Gasteiger partial charge in [-0.25, -0.2) is 9.52 Å². The van der Waals surface area contributed by atoms with E-state index in [0.717, 1.165) is 37.2 Å². The molecule has 1 aromatic rings. The monoisotopic (exact) mass is 366 g/mol. The molecule has 6 nitrogen and oxygen atoms in total. The molecule has 2 fully saturated rings. The maximum Gasteiger partial charge on any atom is 0.340 e. The molecule has 0 bridgehead atoms. The largest absolute Gasteiger partial charge is 0.593 e. The van der Waals surface area contributed by atoms with Gasteiger partial charge in [-0.15, -0.1) is 0 Å². The Morgan fingerprint density at radius 2 is 2.04 bits per heavy atom. The second kappa shape index (κ2) is 7.43. The van der Waals surface area contributed by atoms with Gasteiger partial charge in [0.2, 0.25) is 0 Å². The standard InChI is InChI=1S/C18H26N2O4S/c1-13-11-14(19-25(23)10-9-21)12-15(16(13)17(22)24-2)20-7-5-18(3-4-18)6-8-20/h11-12,19,21H,3-10H2,1-2H3. The number of aliphatic hydroxyl groups excluding tert-OH is 1. The molecule has 1 unspecified atom stereocenters. The minimum absolute atomic E-state index is 0.139. The minimum Gasteiger partial charge on any atom is -0.593 e. The summed E-state index contributed by atoms with van der Waals surface area (Å²) in [5, 5.41) is 8.93. The number of hydrogen-bond donors (Lipinski definition) is 2. The Balaban J connectivity index is 1.88. The highest BCUT2D eigenvalue weighted by molar-refractivity contribution is 7.92. The van der Waals surface area contributed by atoms with Crippen LogP contribution in [0.5, 0.6) is 0 Å². The molecule has 1 aliphatic carbocycles. The van der Waals surface area contributed by atoms with Crippen molar-refractivity contribution in [1.82, 2.24) is 0 Å². The van der Waals surface area contributed by atoms with E-state index in [0.29, 0.717) is 16.7 Å². The minimum atomic E-state index is -1.35. The molecule has 0 aromatic heterocycles. The van der Waals surface area contributed by atoms with Gasteiger partial charge >= 0.3 is 5.97 Å². The van der Waals surface area contributed by atoms with Crippen molar-refractivity contribution in [2.45, 2.75) is 32.6 Å². The fourth-order valence-corrected chi connectivity index (χ4v) is 4.26. The molecule has 1 saturated heterocycles. The molecular weight excluding hydrogens is 340 g/mol. The number of nitrogens with zero attached hydrogens (tertiary/aromatic N) is 1. The lowest BCUT2D eigenvalue weighted by molar-refractivity contribution is 0.0600. The zero-order valence-corrected chi connectivity index (χ0v) is 15.7. The summed E-state index contributed by atoms with van der Waals surface area (Å²) >= 11 is -1.35. The van der Waals surface area contributed by atoms with Gasteiger partial charge in [0.05, 0.1) is 42.0 Å². The number of anilines is 2. The third-order valence-electron chi connectivity index (χ3n) is 5.33. The molecule has 1 heterocycles. The molecule has 2 N–H and O–H groups in total. The predicted octanol–water partition coefficient (Wildman–Crippen LogP) is 2.23. The highest BCUT2D eigenvalue weighted by atomic mass is 32.2. The molecule has 2 aliphatic rings. The summed E-state index contributed by atoms with van der Waals surface area (Å²) in [4.78, 5) is 14.6. The molecule has 1 atom stereocenters. The van der Waals surface area contributed by atoms with E-state index in [1.54, 1.807) is 6.07 Å². The van der Waals surface area contributed by atoms with E-state index < -0.39 is 11.4 Å². The van der Waals surface area contributed by atoms with Gasteiger partial charge in [0.1, 0.15) is 0 Å². The average molecular weight is 366 g/mol. The van der Waals surface area contributed by atoms with Gasteiger partial charge in [0, 0.05) is 13.1 Å². The molecule has 1 saturated carbocycles. The summed E-state index contributed by atoms with van der Waals surface area (Å²) in [7, 11) is 1.39. The van der Waals surface area contributed by atoms with Crippen molar-refractivity contribution in [2.75, 3.05) is 42.2 Å². The van der Waals surface area contributed by atoms with E-state index in [9.17, 15) is 9.35 Å². The van der Waals surface area contributed by atoms with Crippen molar-refractivity contribution in [1.29, 1.82) is 0 Å². The zero-order chi connectivity index (χ0) is 18.0. The molecular formula is C18H26N2O4S. The molecule has 1 aromatic carbocycles. The second-order valence-electron chi connectivity index (χ2n) is 7.04.